The van der Waals surface area contributed by atoms with Gasteiger partial charge in [0.05, 0.1) is 5.56 Å². The Kier molecular flexibility index (Phi) is 3.45. The molecule has 2 rings (SSSR count). The molecule has 0 saturated heterocycles. The SMILES string of the molecule is Cc1cc(Nc2nccc(C#N)c2Cl)ccc1F. The van der Waals surface area contributed by atoms with Gasteiger partial charge in [-0.1, -0.05) is 11.6 Å². The highest BCUT2D eigenvalue weighted by molar-refractivity contribution is 6.34. The van der Waals surface area contributed by atoms with E-state index in [1.54, 1.807) is 19.1 Å². The van der Waals surface area contributed by atoms with Crippen LogP contribution in [0.4, 0.5) is 15.9 Å². The minimum atomic E-state index is -0.273. The predicted molar refractivity (Wildman–Crippen MR) is 68.4 cm³/mol. The maximum atomic E-state index is 13.1. The highest BCUT2D eigenvalue weighted by Crippen LogP contribution is 2.26. The van der Waals surface area contributed by atoms with Crippen molar-refractivity contribution in [2.45, 2.75) is 6.92 Å². The Morgan fingerprint density at radius 3 is 2.83 bits per heavy atom. The molecule has 3 nitrogen and oxygen atoms in total. The van der Waals surface area contributed by atoms with Crippen molar-refractivity contribution >= 4 is 23.1 Å². The first-order valence-corrected chi connectivity index (χ1v) is 5.57. The standard InChI is InChI=1S/C13H9ClFN3/c1-8-6-10(2-3-11(8)15)18-13-12(14)9(7-16)4-5-17-13/h2-6H,1H3,(H,17,18). The number of hydrogen-bond donors (Lipinski definition) is 1. The van der Waals surface area contributed by atoms with Gasteiger partial charge in [0, 0.05) is 11.9 Å². The topological polar surface area (TPSA) is 48.7 Å². The van der Waals surface area contributed by atoms with E-state index in [0.29, 0.717) is 22.6 Å². The Balaban J connectivity index is 2.35. The van der Waals surface area contributed by atoms with Gasteiger partial charge in [0.25, 0.3) is 0 Å². The van der Waals surface area contributed by atoms with E-state index in [2.05, 4.69) is 10.3 Å². The number of nitrogens with zero attached hydrogens (tertiary/aromatic N) is 2. The van der Waals surface area contributed by atoms with E-state index < -0.39 is 0 Å². The van der Waals surface area contributed by atoms with Crippen molar-refractivity contribution in [1.82, 2.24) is 4.98 Å². The zero-order valence-corrected chi connectivity index (χ0v) is 10.3. The minimum Gasteiger partial charge on any atom is -0.339 e. The van der Waals surface area contributed by atoms with E-state index in [4.69, 9.17) is 16.9 Å². The fraction of sp³-hybridized carbons (Fsp3) is 0.0769. The fourth-order valence-electron chi connectivity index (χ4n) is 1.48. The number of aromatic nitrogens is 1. The zero-order valence-electron chi connectivity index (χ0n) is 9.54. The third-order valence-corrected chi connectivity index (χ3v) is 2.81. The number of rotatable bonds is 2. The lowest BCUT2D eigenvalue weighted by molar-refractivity contribution is 0.619. The van der Waals surface area contributed by atoms with E-state index in [0.717, 1.165) is 0 Å². The van der Waals surface area contributed by atoms with E-state index in [9.17, 15) is 4.39 Å². The average Bonchev–Trinajstić information content (AvgIpc) is 2.36. The average molecular weight is 262 g/mol. The fourth-order valence-corrected chi connectivity index (χ4v) is 1.68. The van der Waals surface area contributed by atoms with Gasteiger partial charge in [-0.25, -0.2) is 9.37 Å². The molecule has 5 heteroatoms. The molecule has 1 heterocycles. The number of anilines is 2. The second kappa shape index (κ2) is 5.03. The van der Waals surface area contributed by atoms with Crippen LogP contribution in [0, 0.1) is 24.1 Å². The Labute approximate surface area is 109 Å². The first-order chi connectivity index (χ1) is 8.61. The maximum absolute atomic E-state index is 13.1. The van der Waals surface area contributed by atoms with Gasteiger partial charge >= 0.3 is 0 Å². The number of nitriles is 1. The van der Waals surface area contributed by atoms with Crippen LogP contribution in [-0.4, -0.2) is 4.98 Å². The lowest BCUT2D eigenvalue weighted by Crippen LogP contribution is -1.96. The summed E-state index contributed by atoms with van der Waals surface area (Å²) < 4.78 is 13.1. The Bertz CT molecular complexity index is 635. The van der Waals surface area contributed by atoms with Crippen molar-refractivity contribution in [2.75, 3.05) is 5.32 Å². The van der Waals surface area contributed by atoms with Gasteiger partial charge in [0.15, 0.2) is 5.82 Å². The lowest BCUT2D eigenvalue weighted by atomic mass is 10.2. The molecule has 18 heavy (non-hydrogen) atoms. The Morgan fingerprint density at radius 2 is 2.17 bits per heavy atom. The highest BCUT2D eigenvalue weighted by Gasteiger charge is 2.08. The molecular formula is C13H9ClFN3. The summed E-state index contributed by atoms with van der Waals surface area (Å²) in [5, 5.41) is 12.1. The second-order valence-electron chi connectivity index (χ2n) is 3.72. The third kappa shape index (κ3) is 2.41. The van der Waals surface area contributed by atoms with Crippen LogP contribution in [0.25, 0.3) is 0 Å². The molecule has 0 amide bonds. The monoisotopic (exact) mass is 261 g/mol. The first-order valence-electron chi connectivity index (χ1n) is 5.19. The first kappa shape index (κ1) is 12.3. The number of benzene rings is 1. The van der Waals surface area contributed by atoms with Crippen LogP contribution in [0.2, 0.25) is 5.02 Å². The molecular weight excluding hydrogens is 253 g/mol. The van der Waals surface area contributed by atoms with Crippen LogP contribution < -0.4 is 5.32 Å². The number of hydrogen-bond acceptors (Lipinski definition) is 3. The van der Waals surface area contributed by atoms with Gasteiger partial charge in [-0.15, -0.1) is 0 Å². The molecule has 1 aromatic carbocycles. The van der Waals surface area contributed by atoms with E-state index in [-0.39, 0.29) is 10.8 Å². The molecule has 0 unspecified atom stereocenters. The van der Waals surface area contributed by atoms with Crippen molar-refractivity contribution in [1.29, 1.82) is 5.26 Å². The normalized spacial score (nSPS) is 9.89. The minimum absolute atomic E-state index is 0.252. The third-order valence-electron chi connectivity index (χ3n) is 2.43. The summed E-state index contributed by atoms with van der Waals surface area (Å²) in [6, 6.07) is 8.09. The number of nitrogens with one attached hydrogen (secondary N) is 1. The van der Waals surface area contributed by atoms with Crippen molar-refractivity contribution < 1.29 is 4.39 Å². The summed E-state index contributed by atoms with van der Waals surface area (Å²) in [5.41, 5.74) is 1.53. The quantitative estimate of drug-likeness (QED) is 0.895. The van der Waals surface area contributed by atoms with Crippen molar-refractivity contribution in [3.05, 3.63) is 52.4 Å². The highest BCUT2D eigenvalue weighted by atomic mass is 35.5. The van der Waals surface area contributed by atoms with E-state index >= 15 is 0 Å². The zero-order chi connectivity index (χ0) is 13.1. The molecule has 0 atom stereocenters. The Hall–Kier alpha value is -2.12. The molecule has 0 aliphatic heterocycles. The van der Waals surface area contributed by atoms with Crippen molar-refractivity contribution in [3.63, 3.8) is 0 Å². The molecule has 0 bridgehead atoms. The number of pyridine rings is 1. The van der Waals surface area contributed by atoms with Gasteiger partial charge in [-0.05, 0) is 36.8 Å². The van der Waals surface area contributed by atoms with Crippen LogP contribution in [0.15, 0.2) is 30.5 Å². The molecule has 0 radical (unpaired) electrons. The molecule has 0 aliphatic rings. The molecule has 1 aromatic heterocycles. The maximum Gasteiger partial charge on any atom is 0.150 e. The van der Waals surface area contributed by atoms with Crippen LogP contribution in [0.5, 0.6) is 0 Å². The summed E-state index contributed by atoms with van der Waals surface area (Å²) >= 11 is 6.01. The predicted octanol–water partition coefficient (Wildman–Crippen LogP) is 3.80. The van der Waals surface area contributed by atoms with E-state index in [1.807, 2.05) is 6.07 Å². The summed E-state index contributed by atoms with van der Waals surface area (Å²) in [4.78, 5) is 4.05. The smallest absolute Gasteiger partial charge is 0.150 e. The summed E-state index contributed by atoms with van der Waals surface area (Å²) in [7, 11) is 0. The van der Waals surface area contributed by atoms with Gasteiger partial charge in [0.1, 0.15) is 16.9 Å². The van der Waals surface area contributed by atoms with Gasteiger partial charge in [-0.2, -0.15) is 5.26 Å². The Morgan fingerprint density at radius 1 is 1.39 bits per heavy atom. The second-order valence-corrected chi connectivity index (χ2v) is 4.10. The van der Waals surface area contributed by atoms with Gasteiger partial charge < -0.3 is 5.32 Å². The van der Waals surface area contributed by atoms with Crippen molar-refractivity contribution in [3.8, 4) is 6.07 Å². The molecule has 0 aliphatic carbocycles. The summed E-state index contributed by atoms with van der Waals surface area (Å²) in [6.45, 7) is 1.67. The van der Waals surface area contributed by atoms with E-state index in [1.165, 1.54) is 18.3 Å². The molecule has 0 spiro atoms. The lowest BCUT2D eigenvalue weighted by Gasteiger charge is -2.08. The van der Waals surface area contributed by atoms with Gasteiger partial charge in [0.2, 0.25) is 0 Å². The van der Waals surface area contributed by atoms with Gasteiger partial charge in [-0.3, -0.25) is 0 Å². The molecule has 1 N–H and O–H groups in total. The van der Waals surface area contributed by atoms with Crippen LogP contribution >= 0.6 is 11.6 Å². The summed E-state index contributed by atoms with van der Waals surface area (Å²) in [5.74, 6) is 0.104. The number of halogens is 2. The molecule has 2 aromatic rings. The summed E-state index contributed by atoms with van der Waals surface area (Å²) in [6.07, 6.45) is 1.49. The molecule has 0 fully saturated rings. The van der Waals surface area contributed by atoms with Crippen LogP contribution in [0.3, 0.4) is 0 Å². The molecule has 0 saturated carbocycles. The van der Waals surface area contributed by atoms with Crippen LogP contribution in [-0.2, 0) is 0 Å². The molecule has 90 valence electrons. The van der Waals surface area contributed by atoms with Crippen molar-refractivity contribution in [2.24, 2.45) is 0 Å². The van der Waals surface area contributed by atoms with Crippen LogP contribution in [0.1, 0.15) is 11.1 Å². The number of aryl methyl sites for hydroxylation is 1. The largest absolute Gasteiger partial charge is 0.339 e.